The zero-order chi connectivity index (χ0) is 11.9. The molecule has 0 saturated heterocycles. The summed E-state index contributed by atoms with van der Waals surface area (Å²) in [4.78, 5) is 4.40. The molecule has 0 unspecified atom stereocenters. The van der Waals surface area contributed by atoms with Crippen molar-refractivity contribution in [3.63, 3.8) is 0 Å². The van der Waals surface area contributed by atoms with Crippen molar-refractivity contribution in [3.8, 4) is 11.4 Å². The van der Waals surface area contributed by atoms with E-state index < -0.39 is 0 Å². The van der Waals surface area contributed by atoms with E-state index in [0.29, 0.717) is 0 Å². The molecule has 1 aromatic heterocycles. The highest BCUT2D eigenvalue weighted by atomic mass is 16.2. The average molecular weight is 230 g/mol. The van der Waals surface area contributed by atoms with Crippen LogP contribution < -0.4 is 0 Å². The molecule has 2 aromatic rings. The zero-order valence-electron chi connectivity index (χ0n) is 9.92. The number of aromatic nitrogens is 2. The Morgan fingerprint density at radius 2 is 1.88 bits per heavy atom. The van der Waals surface area contributed by atoms with Gasteiger partial charge in [0.1, 0.15) is 5.82 Å². The summed E-state index contributed by atoms with van der Waals surface area (Å²) in [6, 6.07) is 10.2. The number of aliphatic hydroxyl groups is 1. The maximum Gasteiger partial charge on any atom is 0.139 e. The van der Waals surface area contributed by atoms with Crippen LogP contribution in [0.5, 0.6) is 0 Å². The van der Waals surface area contributed by atoms with Crippen molar-refractivity contribution >= 4 is 0 Å². The van der Waals surface area contributed by atoms with Gasteiger partial charge in [-0.15, -0.1) is 0 Å². The zero-order valence-corrected chi connectivity index (χ0v) is 9.92. The molecule has 0 bridgehead atoms. The van der Waals surface area contributed by atoms with Crippen molar-refractivity contribution in [2.75, 3.05) is 6.61 Å². The van der Waals surface area contributed by atoms with Crippen LogP contribution in [-0.4, -0.2) is 21.3 Å². The maximum atomic E-state index is 8.74. The van der Waals surface area contributed by atoms with E-state index in [2.05, 4.69) is 21.7 Å². The number of hydrogen-bond donors (Lipinski definition) is 1. The maximum absolute atomic E-state index is 8.74. The monoisotopic (exact) mass is 230 g/mol. The van der Waals surface area contributed by atoms with Crippen LogP contribution in [0.25, 0.3) is 11.4 Å². The lowest BCUT2D eigenvalue weighted by atomic mass is 10.2. The second kappa shape index (κ2) is 6.21. The van der Waals surface area contributed by atoms with Crippen molar-refractivity contribution in [1.82, 2.24) is 9.55 Å². The fourth-order valence-electron chi connectivity index (χ4n) is 1.91. The predicted octanol–water partition coefficient (Wildman–Crippen LogP) is 2.71. The molecule has 0 aliphatic heterocycles. The Labute approximate surface area is 102 Å². The minimum Gasteiger partial charge on any atom is -0.396 e. The van der Waals surface area contributed by atoms with Crippen LogP contribution >= 0.6 is 0 Å². The molecule has 90 valence electrons. The lowest BCUT2D eigenvalue weighted by Gasteiger charge is -2.07. The van der Waals surface area contributed by atoms with Crippen LogP contribution in [0.4, 0.5) is 0 Å². The van der Waals surface area contributed by atoms with E-state index in [1.165, 1.54) is 0 Å². The first-order valence-corrected chi connectivity index (χ1v) is 6.09. The van der Waals surface area contributed by atoms with Gasteiger partial charge in [-0.2, -0.15) is 0 Å². The summed E-state index contributed by atoms with van der Waals surface area (Å²) in [5.41, 5.74) is 1.15. The molecule has 0 amide bonds. The molecule has 0 spiro atoms. The second-order valence-electron chi connectivity index (χ2n) is 4.09. The normalized spacial score (nSPS) is 10.6. The molecule has 0 aliphatic rings. The number of benzene rings is 1. The Morgan fingerprint density at radius 3 is 2.65 bits per heavy atom. The molecule has 3 nitrogen and oxygen atoms in total. The molecule has 1 N–H and O–H groups in total. The van der Waals surface area contributed by atoms with Crippen molar-refractivity contribution < 1.29 is 5.11 Å². The first-order valence-electron chi connectivity index (χ1n) is 6.09. The number of hydrogen-bond acceptors (Lipinski definition) is 2. The second-order valence-corrected chi connectivity index (χ2v) is 4.09. The SMILES string of the molecule is OCCCCCn1ccnc1-c1ccccc1. The van der Waals surface area contributed by atoms with E-state index in [1.807, 2.05) is 30.6 Å². The quantitative estimate of drug-likeness (QED) is 0.775. The third kappa shape index (κ3) is 3.17. The number of imidazole rings is 1. The molecule has 0 atom stereocenters. The Balaban J connectivity index is 2.02. The van der Waals surface area contributed by atoms with Gasteiger partial charge in [-0.1, -0.05) is 30.3 Å². The van der Waals surface area contributed by atoms with Gasteiger partial charge in [0.2, 0.25) is 0 Å². The molecular weight excluding hydrogens is 212 g/mol. The van der Waals surface area contributed by atoms with Gasteiger partial charge < -0.3 is 9.67 Å². The molecule has 1 aromatic carbocycles. The molecule has 0 saturated carbocycles. The highest BCUT2D eigenvalue weighted by molar-refractivity contribution is 5.54. The van der Waals surface area contributed by atoms with Gasteiger partial charge in [0.25, 0.3) is 0 Å². The minimum atomic E-state index is 0.287. The molecule has 17 heavy (non-hydrogen) atoms. The predicted molar refractivity (Wildman–Crippen MR) is 68.6 cm³/mol. The van der Waals surface area contributed by atoms with Gasteiger partial charge >= 0.3 is 0 Å². The van der Waals surface area contributed by atoms with Crippen LogP contribution in [0.1, 0.15) is 19.3 Å². The summed E-state index contributed by atoms with van der Waals surface area (Å²) in [5.74, 6) is 1.02. The summed E-state index contributed by atoms with van der Waals surface area (Å²) in [7, 11) is 0. The van der Waals surface area contributed by atoms with Gasteiger partial charge in [0.15, 0.2) is 0 Å². The van der Waals surface area contributed by atoms with Crippen LogP contribution in [-0.2, 0) is 6.54 Å². The number of aryl methyl sites for hydroxylation is 1. The van der Waals surface area contributed by atoms with Crippen LogP contribution in [0.15, 0.2) is 42.7 Å². The van der Waals surface area contributed by atoms with E-state index in [9.17, 15) is 0 Å². The molecule has 2 rings (SSSR count). The summed E-state index contributed by atoms with van der Waals surface area (Å²) in [6.45, 7) is 1.25. The Hall–Kier alpha value is -1.61. The lowest BCUT2D eigenvalue weighted by Crippen LogP contribution is -2.00. The first-order chi connectivity index (χ1) is 8.42. The summed E-state index contributed by atoms with van der Waals surface area (Å²) in [5, 5.41) is 8.74. The number of nitrogens with zero attached hydrogens (tertiary/aromatic N) is 2. The lowest BCUT2D eigenvalue weighted by molar-refractivity contribution is 0.282. The number of unbranched alkanes of at least 4 members (excludes halogenated alkanes) is 2. The van der Waals surface area contributed by atoms with E-state index in [-0.39, 0.29) is 6.61 Å². The Morgan fingerprint density at radius 1 is 1.06 bits per heavy atom. The topological polar surface area (TPSA) is 38.0 Å². The van der Waals surface area contributed by atoms with Crippen molar-refractivity contribution in [2.45, 2.75) is 25.8 Å². The molecule has 3 heteroatoms. The van der Waals surface area contributed by atoms with E-state index >= 15 is 0 Å². The van der Waals surface area contributed by atoms with Gasteiger partial charge in [-0.3, -0.25) is 0 Å². The van der Waals surface area contributed by atoms with Crippen LogP contribution in [0.2, 0.25) is 0 Å². The number of rotatable bonds is 6. The molecule has 0 fully saturated rings. The van der Waals surface area contributed by atoms with Crippen molar-refractivity contribution in [1.29, 1.82) is 0 Å². The molecular formula is C14H18N2O. The highest BCUT2D eigenvalue weighted by Crippen LogP contribution is 2.17. The summed E-state index contributed by atoms with van der Waals surface area (Å²) >= 11 is 0. The third-order valence-corrected chi connectivity index (χ3v) is 2.80. The fourth-order valence-corrected chi connectivity index (χ4v) is 1.91. The van der Waals surface area contributed by atoms with E-state index in [1.54, 1.807) is 0 Å². The summed E-state index contributed by atoms with van der Waals surface area (Å²) in [6.07, 6.45) is 6.88. The van der Waals surface area contributed by atoms with Gasteiger partial charge in [-0.05, 0) is 19.3 Å². The molecule has 0 radical (unpaired) electrons. The standard InChI is InChI=1S/C14H18N2O/c17-12-6-2-5-10-16-11-9-15-14(16)13-7-3-1-4-8-13/h1,3-4,7-9,11,17H,2,5-6,10,12H2. The van der Waals surface area contributed by atoms with Gasteiger partial charge in [0.05, 0.1) is 0 Å². The van der Waals surface area contributed by atoms with Gasteiger partial charge in [-0.25, -0.2) is 4.98 Å². The van der Waals surface area contributed by atoms with Crippen molar-refractivity contribution in [3.05, 3.63) is 42.7 Å². The smallest absolute Gasteiger partial charge is 0.139 e. The fraction of sp³-hybridized carbons (Fsp3) is 0.357. The van der Waals surface area contributed by atoms with Gasteiger partial charge in [0, 0.05) is 31.1 Å². The summed E-state index contributed by atoms with van der Waals surface area (Å²) < 4.78 is 2.17. The van der Waals surface area contributed by atoms with Crippen LogP contribution in [0, 0.1) is 0 Å². The third-order valence-electron chi connectivity index (χ3n) is 2.80. The van der Waals surface area contributed by atoms with Crippen molar-refractivity contribution in [2.24, 2.45) is 0 Å². The Bertz CT molecular complexity index is 436. The largest absolute Gasteiger partial charge is 0.396 e. The molecule has 0 aliphatic carbocycles. The van der Waals surface area contributed by atoms with E-state index in [0.717, 1.165) is 37.2 Å². The minimum absolute atomic E-state index is 0.287. The number of aliphatic hydroxyl groups excluding tert-OH is 1. The average Bonchev–Trinajstić information content (AvgIpc) is 2.84. The van der Waals surface area contributed by atoms with E-state index in [4.69, 9.17) is 5.11 Å². The van der Waals surface area contributed by atoms with Crippen LogP contribution in [0.3, 0.4) is 0 Å². The first kappa shape index (κ1) is 11.9. The molecule has 1 heterocycles. The Kier molecular flexibility index (Phi) is 4.33. The highest BCUT2D eigenvalue weighted by Gasteiger charge is 2.04.